The van der Waals surface area contributed by atoms with Crippen molar-refractivity contribution < 1.29 is 0 Å². The summed E-state index contributed by atoms with van der Waals surface area (Å²) in [6.07, 6.45) is 6.43. The van der Waals surface area contributed by atoms with Crippen LogP contribution in [0.2, 0.25) is 0 Å². The summed E-state index contributed by atoms with van der Waals surface area (Å²) in [7, 11) is 0. The lowest BCUT2D eigenvalue weighted by molar-refractivity contribution is 0.685. The highest BCUT2D eigenvalue weighted by atomic mass is 15.3. The van der Waals surface area contributed by atoms with Gasteiger partial charge < -0.3 is 5.32 Å². The SMILES string of the molecule is c1ccc2c(c1)cnn2-c1ccc(CNC2CC2)cn1. The third kappa shape index (κ3) is 2.18. The number of para-hydroxylation sites is 1. The fourth-order valence-electron chi connectivity index (χ4n) is 2.35. The largest absolute Gasteiger partial charge is 0.310 e. The second-order valence-electron chi connectivity index (χ2n) is 5.30. The topological polar surface area (TPSA) is 42.7 Å². The Hall–Kier alpha value is -2.20. The second kappa shape index (κ2) is 4.72. The first-order valence-electron chi connectivity index (χ1n) is 7.01. The molecular weight excluding hydrogens is 248 g/mol. The Bertz CT molecular complexity index is 726. The number of benzene rings is 1. The number of pyridine rings is 1. The molecule has 100 valence electrons. The number of hydrogen-bond donors (Lipinski definition) is 1. The van der Waals surface area contributed by atoms with Crippen molar-refractivity contribution in [1.82, 2.24) is 20.1 Å². The summed E-state index contributed by atoms with van der Waals surface area (Å²) in [6.45, 7) is 0.901. The van der Waals surface area contributed by atoms with Crippen molar-refractivity contribution in [1.29, 1.82) is 0 Å². The number of nitrogens with one attached hydrogen (secondary N) is 1. The first-order valence-corrected chi connectivity index (χ1v) is 7.01. The normalized spacial score (nSPS) is 14.8. The molecule has 0 bridgehead atoms. The Balaban J connectivity index is 1.61. The van der Waals surface area contributed by atoms with E-state index < -0.39 is 0 Å². The van der Waals surface area contributed by atoms with Crippen LogP contribution in [-0.4, -0.2) is 20.8 Å². The zero-order valence-corrected chi connectivity index (χ0v) is 11.2. The molecule has 0 aliphatic heterocycles. The van der Waals surface area contributed by atoms with E-state index in [0.29, 0.717) is 0 Å². The molecule has 1 aliphatic carbocycles. The van der Waals surface area contributed by atoms with Crippen LogP contribution in [0.4, 0.5) is 0 Å². The van der Waals surface area contributed by atoms with Gasteiger partial charge in [-0.15, -0.1) is 0 Å². The number of aromatic nitrogens is 3. The van der Waals surface area contributed by atoms with E-state index in [9.17, 15) is 0 Å². The van der Waals surface area contributed by atoms with Crippen molar-refractivity contribution in [3.8, 4) is 5.82 Å². The molecule has 1 saturated carbocycles. The first-order chi connectivity index (χ1) is 9.90. The summed E-state index contributed by atoms with van der Waals surface area (Å²) in [5.74, 6) is 0.862. The van der Waals surface area contributed by atoms with Crippen molar-refractivity contribution >= 4 is 10.9 Å². The average molecular weight is 264 g/mol. The van der Waals surface area contributed by atoms with E-state index in [1.807, 2.05) is 35.3 Å². The van der Waals surface area contributed by atoms with Crippen LogP contribution in [0, 0.1) is 0 Å². The van der Waals surface area contributed by atoms with Gasteiger partial charge in [-0.05, 0) is 30.5 Å². The van der Waals surface area contributed by atoms with Crippen molar-refractivity contribution in [2.24, 2.45) is 0 Å². The first kappa shape index (κ1) is 11.6. The van der Waals surface area contributed by atoms with Gasteiger partial charge in [-0.2, -0.15) is 5.10 Å². The molecule has 0 spiro atoms. The Kier molecular flexibility index (Phi) is 2.74. The Morgan fingerprint density at radius 3 is 2.80 bits per heavy atom. The number of hydrogen-bond acceptors (Lipinski definition) is 3. The Morgan fingerprint density at radius 2 is 2.00 bits per heavy atom. The molecule has 4 rings (SSSR count). The highest BCUT2D eigenvalue weighted by Crippen LogP contribution is 2.20. The summed E-state index contributed by atoms with van der Waals surface area (Å²) in [4.78, 5) is 4.53. The molecular formula is C16H16N4. The van der Waals surface area contributed by atoms with E-state index in [4.69, 9.17) is 0 Å². The van der Waals surface area contributed by atoms with E-state index >= 15 is 0 Å². The van der Waals surface area contributed by atoms with Crippen LogP contribution in [0.5, 0.6) is 0 Å². The third-order valence-corrected chi connectivity index (χ3v) is 3.68. The minimum absolute atomic E-state index is 0.727. The molecule has 20 heavy (non-hydrogen) atoms. The van der Waals surface area contributed by atoms with Crippen molar-refractivity contribution in [3.63, 3.8) is 0 Å². The molecule has 2 aromatic heterocycles. The highest BCUT2D eigenvalue weighted by Gasteiger charge is 2.19. The molecule has 0 amide bonds. The number of fused-ring (bicyclic) bond motifs is 1. The van der Waals surface area contributed by atoms with E-state index in [1.165, 1.54) is 18.4 Å². The summed E-state index contributed by atoms with van der Waals surface area (Å²) in [6, 6.07) is 13.0. The van der Waals surface area contributed by atoms with Crippen molar-refractivity contribution in [2.45, 2.75) is 25.4 Å². The molecule has 1 aliphatic rings. The standard InChI is InChI=1S/C16H16N4/c1-2-4-15-13(3-1)11-19-20(15)16-8-5-12(10-18-16)9-17-14-6-7-14/h1-5,8,10-11,14,17H,6-7,9H2. The van der Waals surface area contributed by atoms with Gasteiger partial charge in [0.05, 0.1) is 11.7 Å². The Labute approximate surface area is 117 Å². The van der Waals surface area contributed by atoms with Crippen LogP contribution in [0.1, 0.15) is 18.4 Å². The molecule has 4 nitrogen and oxygen atoms in total. The van der Waals surface area contributed by atoms with E-state index in [1.54, 1.807) is 0 Å². The van der Waals surface area contributed by atoms with Crippen LogP contribution < -0.4 is 5.32 Å². The van der Waals surface area contributed by atoms with Crippen LogP contribution in [0.25, 0.3) is 16.7 Å². The molecule has 0 saturated heterocycles. The molecule has 1 fully saturated rings. The lowest BCUT2D eigenvalue weighted by Crippen LogP contribution is -2.15. The van der Waals surface area contributed by atoms with E-state index in [2.05, 4.69) is 33.6 Å². The van der Waals surface area contributed by atoms with Gasteiger partial charge in [0.2, 0.25) is 0 Å². The lowest BCUT2D eigenvalue weighted by Gasteiger charge is -2.05. The van der Waals surface area contributed by atoms with Gasteiger partial charge in [0, 0.05) is 24.2 Å². The Morgan fingerprint density at radius 1 is 1.10 bits per heavy atom. The number of rotatable bonds is 4. The highest BCUT2D eigenvalue weighted by molar-refractivity contribution is 5.79. The smallest absolute Gasteiger partial charge is 0.153 e. The molecule has 3 aromatic rings. The van der Waals surface area contributed by atoms with Crippen LogP contribution in [-0.2, 0) is 6.54 Å². The summed E-state index contributed by atoms with van der Waals surface area (Å²) >= 11 is 0. The van der Waals surface area contributed by atoms with Gasteiger partial charge in [0.15, 0.2) is 5.82 Å². The van der Waals surface area contributed by atoms with Crippen molar-refractivity contribution in [3.05, 3.63) is 54.4 Å². The van der Waals surface area contributed by atoms with Gasteiger partial charge in [-0.1, -0.05) is 24.3 Å². The monoisotopic (exact) mass is 264 g/mol. The predicted octanol–water partition coefficient (Wildman–Crippen LogP) is 2.67. The van der Waals surface area contributed by atoms with Crippen LogP contribution in [0.3, 0.4) is 0 Å². The quantitative estimate of drug-likeness (QED) is 0.788. The molecule has 1 aromatic carbocycles. The predicted molar refractivity (Wildman–Crippen MR) is 78.7 cm³/mol. The zero-order chi connectivity index (χ0) is 13.4. The maximum Gasteiger partial charge on any atom is 0.153 e. The molecule has 1 N–H and O–H groups in total. The maximum atomic E-state index is 4.53. The van der Waals surface area contributed by atoms with Gasteiger partial charge in [-0.3, -0.25) is 0 Å². The van der Waals surface area contributed by atoms with Gasteiger partial charge >= 0.3 is 0 Å². The zero-order valence-electron chi connectivity index (χ0n) is 11.2. The average Bonchev–Trinajstić information content (AvgIpc) is 3.23. The molecule has 0 atom stereocenters. The minimum atomic E-state index is 0.727. The summed E-state index contributed by atoms with van der Waals surface area (Å²) in [5.41, 5.74) is 2.31. The third-order valence-electron chi connectivity index (χ3n) is 3.68. The summed E-state index contributed by atoms with van der Waals surface area (Å²) < 4.78 is 1.88. The van der Waals surface area contributed by atoms with Gasteiger partial charge in [0.1, 0.15) is 0 Å². The fraction of sp³-hybridized carbons (Fsp3) is 0.250. The lowest BCUT2D eigenvalue weighted by atomic mass is 10.2. The molecule has 2 heterocycles. The second-order valence-corrected chi connectivity index (χ2v) is 5.30. The maximum absolute atomic E-state index is 4.53. The number of nitrogens with zero attached hydrogens (tertiary/aromatic N) is 3. The van der Waals surface area contributed by atoms with Crippen LogP contribution in [0.15, 0.2) is 48.8 Å². The van der Waals surface area contributed by atoms with Gasteiger partial charge in [0.25, 0.3) is 0 Å². The fourth-order valence-corrected chi connectivity index (χ4v) is 2.35. The van der Waals surface area contributed by atoms with Gasteiger partial charge in [-0.25, -0.2) is 9.67 Å². The molecule has 0 unspecified atom stereocenters. The minimum Gasteiger partial charge on any atom is -0.310 e. The molecule has 0 radical (unpaired) electrons. The molecule has 4 heteroatoms. The van der Waals surface area contributed by atoms with Crippen molar-refractivity contribution in [2.75, 3.05) is 0 Å². The summed E-state index contributed by atoms with van der Waals surface area (Å²) in [5, 5.41) is 9.05. The van der Waals surface area contributed by atoms with E-state index in [-0.39, 0.29) is 0 Å². The van der Waals surface area contributed by atoms with E-state index in [0.717, 1.165) is 29.3 Å². The van der Waals surface area contributed by atoms with Crippen LogP contribution >= 0.6 is 0 Å².